The average Bonchev–Trinajstić information content (AvgIpc) is 3.51. The zero-order chi connectivity index (χ0) is 24.8. The molecule has 2 saturated heterocycles. The Balaban J connectivity index is 1.34. The van der Waals surface area contributed by atoms with Crippen molar-refractivity contribution in [3.63, 3.8) is 0 Å². The van der Waals surface area contributed by atoms with Crippen molar-refractivity contribution in [1.82, 2.24) is 9.80 Å². The summed E-state index contributed by atoms with van der Waals surface area (Å²) in [6.45, 7) is 8.54. The summed E-state index contributed by atoms with van der Waals surface area (Å²) in [5.74, 6) is 1.82. The zero-order valence-electron chi connectivity index (χ0n) is 20.9. The molecule has 4 nitrogen and oxygen atoms in total. The van der Waals surface area contributed by atoms with Gasteiger partial charge in [0.2, 0.25) is 0 Å². The molecule has 0 radical (unpaired) electrons. The summed E-state index contributed by atoms with van der Waals surface area (Å²) in [6, 6.07) is 8.14. The van der Waals surface area contributed by atoms with Crippen molar-refractivity contribution < 1.29 is 9.53 Å². The van der Waals surface area contributed by atoms with Crippen LogP contribution in [0, 0.1) is 17.8 Å². The Labute approximate surface area is 224 Å². The van der Waals surface area contributed by atoms with E-state index < -0.39 is 0 Å². The number of thiophene rings is 1. The molecule has 0 amide bonds. The number of ether oxygens (including phenoxy) is 1. The molecule has 192 valence electrons. The van der Waals surface area contributed by atoms with Gasteiger partial charge in [0, 0.05) is 42.1 Å². The SMILES string of the molecule is CCCC(CC1CCN(CC2CN(Cc3ccc(Cl)cc3Cl)CC2c2ccsc2)CC1)C(=O)OC. The van der Waals surface area contributed by atoms with E-state index in [9.17, 15) is 4.79 Å². The molecule has 1 aromatic heterocycles. The van der Waals surface area contributed by atoms with Gasteiger partial charge in [-0.05, 0) is 90.7 Å². The summed E-state index contributed by atoms with van der Waals surface area (Å²) in [5, 5.41) is 5.96. The van der Waals surface area contributed by atoms with Gasteiger partial charge in [0.05, 0.1) is 13.0 Å². The van der Waals surface area contributed by atoms with Crippen LogP contribution < -0.4 is 0 Å². The minimum absolute atomic E-state index is 0.0280. The van der Waals surface area contributed by atoms with E-state index >= 15 is 0 Å². The number of halogens is 2. The first-order valence-corrected chi connectivity index (χ1v) is 14.6. The predicted octanol–water partition coefficient (Wildman–Crippen LogP) is 6.96. The lowest BCUT2D eigenvalue weighted by Crippen LogP contribution is -2.39. The Morgan fingerprint density at radius 2 is 1.97 bits per heavy atom. The number of nitrogens with zero attached hydrogens (tertiary/aromatic N) is 2. The van der Waals surface area contributed by atoms with Crippen LogP contribution in [0.25, 0.3) is 0 Å². The number of methoxy groups -OCH3 is 1. The maximum absolute atomic E-state index is 12.2. The van der Waals surface area contributed by atoms with Crippen molar-refractivity contribution in [2.45, 2.75) is 51.5 Å². The van der Waals surface area contributed by atoms with Crippen molar-refractivity contribution >= 4 is 40.5 Å². The fourth-order valence-electron chi connectivity index (χ4n) is 6.01. The molecule has 3 heterocycles. The molecule has 7 heteroatoms. The third kappa shape index (κ3) is 7.23. The molecule has 35 heavy (non-hydrogen) atoms. The van der Waals surface area contributed by atoms with Gasteiger partial charge in [0.1, 0.15) is 0 Å². The highest BCUT2D eigenvalue weighted by atomic mass is 35.5. The van der Waals surface area contributed by atoms with Gasteiger partial charge in [-0.15, -0.1) is 0 Å². The fourth-order valence-corrected chi connectivity index (χ4v) is 7.21. The van der Waals surface area contributed by atoms with Gasteiger partial charge >= 0.3 is 5.97 Å². The largest absolute Gasteiger partial charge is 0.469 e. The number of rotatable bonds is 10. The van der Waals surface area contributed by atoms with Crippen molar-refractivity contribution in [1.29, 1.82) is 0 Å². The van der Waals surface area contributed by atoms with Crippen LogP contribution in [0.4, 0.5) is 0 Å². The number of hydrogen-bond acceptors (Lipinski definition) is 5. The smallest absolute Gasteiger partial charge is 0.308 e. The maximum atomic E-state index is 12.2. The van der Waals surface area contributed by atoms with Crippen LogP contribution in [0.3, 0.4) is 0 Å². The normalized spacial score (nSPS) is 23.0. The molecule has 4 rings (SSSR count). The third-order valence-electron chi connectivity index (χ3n) is 7.89. The third-order valence-corrected chi connectivity index (χ3v) is 9.17. The number of likely N-dealkylation sites (tertiary alicyclic amines) is 2. The molecule has 2 aliphatic heterocycles. The molecular weight excluding hydrogens is 499 g/mol. The second kappa shape index (κ2) is 12.9. The van der Waals surface area contributed by atoms with Gasteiger partial charge in [-0.3, -0.25) is 9.69 Å². The highest BCUT2D eigenvalue weighted by Gasteiger charge is 2.36. The van der Waals surface area contributed by atoms with Crippen LogP contribution in [0.5, 0.6) is 0 Å². The van der Waals surface area contributed by atoms with Crippen LogP contribution in [0.2, 0.25) is 10.0 Å². The number of hydrogen-bond donors (Lipinski definition) is 0. The second-order valence-corrected chi connectivity index (χ2v) is 12.0. The molecule has 0 spiro atoms. The topological polar surface area (TPSA) is 32.8 Å². The molecule has 0 N–H and O–H groups in total. The highest BCUT2D eigenvalue weighted by molar-refractivity contribution is 7.08. The minimum Gasteiger partial charge on any atom is -0.469 e. The summed E-state index contributed by atoms with van der Waals surface area (Å²) in [7, 11) is 1.52. The van der Waals surface area contributed by atoms with Crippen molar-refractivity contribution in [3.8, 4) is 0 Å². The van der Waals surface area contributed by atoms with Gasteiger partial charge in [0.25, 0.3) is 0 Å². The first-order chi connectivity index (χ1) is 17.0. The number of benzene rings is 1. The lowest BCUT2D eigenvalue weighted by molar-refractivity contribution is -0.146. The molecule has 3 atom stereocenters. The Bertz CT molecular complexity index is 946. The molecule has 0 saturated carbocycles. The monoisotopic (exact) mass is 536 g/mol. The number of esters is 1. The van der Waals surface area contributed by atoms with Gasteiger partial charge in [-0.2, -0.15) is 11.3 Å². The molecule has 2 fully saturated rings. The Hall–Kier alpha value is -1.11. The fraction of sp³-hybridized carbons (Fsp3) is 0.607. The number of carbonyl (C=O) groups is 1. The predicted molar refractivity (Wildman–Crippen MR) is 146 cm³/mol. The number of piperidine rings is 1. The maximum Gasteiger partial charge on any atom is 0.308 e. The Morgan fingerprint density at radius 3 is 2.63 bits per heavy atom. The lowest BCUT2D eigenvalue weighted by atomic mass is 9.84. The van der Waals surface area contributed by atoms with Gasteiger partial charge in [-0.1, -0.05) is 42.6 Å². The second-order valence-electron chi connectivity index (χ2n) is 10.3. The summed E-state index contributed by atoms with van der Waals surface area (Å²) < 4.78 is 5.06. The van der Waals surface area contributed by atoms with E-state index in [0.29, 0.717) is 22.8 Å². The van der Waals surface area contributed by atoms with Gasteiger partial charge in [0.15, 0.2) is 0 Å². The first kappa shape index (κ1) is 26.9. The van der Waals surface area contributed by atoms with E-state index in [1.165, 1.54) is 25.5 Å². The summed E-state index contributed by atoms with van der Waals surface area (Å²) in [5.41, 5.74) is 2.62. The zero-order valence-corrected chi connectivity index (χ0v) is 23.3. The van der Waals surface area contributed by atoms with Crippen molar-refractivity contribution in [3.05, 3.63) is 56.2 Å². The minimum atomic E-state index is -0.0280. The molecule has 2 aromatic rings. The van der Waals surface area contributed by atoms with Crippen molar-refractivity contribution in [2.24, 2.45) is 17.8 Å². The van der Waals surface area contributed by atoms with Crippen molar-refractivity contribution in [2.75, 3.05) is 39.8 Å². The Morgan fingerprint density at radius 1 is 1.17 bits per heavy atom. The summed E-state index contributed by atoms with van der Waals surface area (Å²) >= 11 is 14.4. The van der Waals surface area contributed by atoms with E-state index in [1.54, 1.807) is 11.3 Å². The van der Waals surface area contributed by atoms with Crippen LogP contribution in [0.1, 0.15) is 56.1 Å². The molecular formula is C28H38Cl2N2O2S. The Kier molecular flexibility index (Phi) is 9.94. The summed E-state index contributed by atoms with van der Waals surface area (Å²) in [4.78, 5) is 17.4. The molecule has 3 unspecified atom stereocenters. The van der Waals surface area contributed by atoms with Crippen LogP contribution >= 0.6 is 34.5 Å². The van der Waals surface area contributed by atoms with Gasteiger partial charge in [-0.25, -0.2) is 0 Å². The molecule has 0 bridgehead atoms. The number of carbonyl (C=O) groups excluding carboxylic acids is 1. The van der Waals surface area contributed by atoms with Gasteiger partial charge < -0.3 is 9.64 Å². The van der Waals surface area contributed by atoms with E-state index in [0.717, 1.165) is 69.1 Å². The molecule has 2 aliphatic rings. The van der Waals surface area contributed by atoms with E-state index in [2.05, 4.69) is 39.6 Å². The molecule has 0 aliphatic carbocycles. The van der Waals surface area contributed by atoms with Crippen LogP contribution in [-0.4, -0.2) is 55.6 Å². The van der Waals surface area contributed by atoms with E-state index in [-0.39, 0.29) is 11.9 Å². The first-order valence-electron chi connectivity index (χ1n) is 12.9. The highest BCUT2D eigenvalue weighted by Crippen LogP contribution is 2.37. The lowest BCUT2D eigenvalue weighted by Gasteiger charge is -2.35. The molecule has 1 aromatic carbocycles. The average molecular weight is 538 g/mol. The standard InChI is InChI=1S/C28H38Cl2N2O2S/c1-3-4-21(28(33)34-2)13-20-7-10-31(11-8-20)16-24-17-32(18-26(24)23-9-12-35-19-23)15-22-5-6-25(29)14-27(22)30/h5-6,9,12,14,19-21,24,26H,3-4,7-8,10-11,13,15-18H2,1-2H3. The van der Waals surface area contributed by atoms with Crippen LogP contribution in [0.15, 0.2) is 35.0 Å². The summed E-state index contributed by atoms with van der Waals surface area (Å²) in [6.07, 6.45) is 5.30. The quantitative estimate of drug-likeness (QED) is 0.307. The van der Waals surface area contributed by atoms with E-state index in [4.69, 9.17) is 27.9 Å². The van der Waals surface area contributed by atoms with E-state index in [1.807, 2.05) is 12.1 Å². The van der Waals surface area contributed by atoms with Crippen LogP contribution in [-0.2, 0) is 16.1 Å².